The Hall–Kier alpha value is -11.2. The van der Waals surface area contributed by atoms with Crippen molar-refractivity contribution >= 4 is 92.7 Å². The zero-order chi connectivity index (χ0) is 56.4. The molecule has 8 heterocycles. The molecule has 0 aliphatic carbocycles. The van der Waals surface area contributed by atoms with E-state index in [1.807, 2.05) is 83.9 Å². The zero-order valence-corrected chi connectivity index (χ0v) is 45.2. The Labute approximate surface area is 471 Å². The second-order valence-corrected chi connectivity index (χ2v) is 20.1. The van der Waals surface area contributed by atoms with Crippen LogP contribution in [0.4, 0.5) is 22.7 Å². The molecular formula is C67H54N11O4+3. The van der Waals surface area contributed by atoms with Gasteiger partial charge in [-0.15, -0.1) is 0 Å². The lowest BCUT2D eigenvalue weighted by atomic mass is 10.0. The molecule has 0 unspecified atom stereocenters. The number of pyridine rings is 3. The first kappa shape index (κ1) is 51.6. The molecule has 0 fully saturated rings. The molecule has 0 saturated heterocycles. The molecule has 398 valence electrons. The van der Waals surface area contributed by atoms with Gasteiger partial charge in [0.2, 0.25) is 5.91 Å². The van der Waals surface area contributed by atoms with Crippen molar-refractivity contribution in [2.45, 2.75) is 6.92 Å². The van der Waals surface area contributed by atoms with Gasteiger partial charge in [0, 0.05) is 127 Å². The van der Waals surface area contributed by atoms with Gasteiger partial charge in [0.25, 0.3) is 17.7 Å². The molecule has 2 aliphatic heterocycles. The van der Waals surface area contributed by atoms with E-state index in [1.165, 1.54) is 6.92 Å². The van der Waals surface area contributed by atoms with Crippen molar-refractivity contribution < 1.29 is 32.9 Å². The number of nitrogens with zero attached hydrogens (tertiary/aromatic N) is 5. The molecule has 12 rings (SSSR count). The summed E-state index contributed by atoms with van der Waals surface area (Å²) in [6.07, 6.45) is 20.6. The number of fused-ring (bicyclic) bond motifs is 8. The number of H-pyrrole nitrogens is 2. The summed E-state index contributed by atoms with van der Waals surface area (Å²) in [5.41, 5.74) is 17.7. The van der Waals surface area contributed by atoms with Crippen molar-refractivity contribution in [3.63, 3.8) is 0 Å². The van der Waals surface area contributed by atoms with Crippen LogP contribution < -0.4 is 35.0 Å². The molecule has 0 atom stereocenters. The van der Waals surface area contributed by atoms with Gasteiger partial charge in [0.05, 0.1) is 22.8 Å². The van der Waals surface area contributed by atoms with E-state index in [9.17, 15) is 19.2 Å². The Kier molecular flexibility index (Phi) is 13.8. The largest absolute Gasteiger partial charge is 0.354 e. The molecular weight excluding hydrogens is 1020 g/mol. The average molecular weight is 1080 g/mol. The predicted octanol–water partition coefficient (Wildman–Crippen LogP) is 11.5. The van der Waals surface area contributed by atoms with Crippen molar-refractivity contribution in [1.29, 1.82) is 0 Å². The van der Waals surface area contributed by atoms with Crippen LogP contribution >= 0.6 is 0 Å². The lowest BCUT2D eigenvalue weighted by Gasteiger charge is -2.10. The standard InChI is InChI=1S/C67H51N11O4/c1-41(79)68-49-15-7-46(8-16-49)65(80)70-51-19-11-48(12-20-51)67(82)71-52-17-9-47(10-18-52)66(81)69-50-13-5-42(6-14-50)61-53-21-23-55(72-53)62(43-29-35-76(2)36-30-43)57-25-27-59(74-57)64(45-33-39-78(4)40-34-45)60-28-26-58(75-60)63(56-24-22-54(61)73-56)44-31-37-77(3)38-32-44/h5-40H,1-4H3,(H3-2,68,69,70,71,72,73,74,75,79,80,81,82)/p+3. The molecule has 0 spiro atoms. The highest BCUT2D eigenvalue weighted by molar-refractivity contribution is 6.08. The summed E-state index contributed by atoms with van der Waals surface area (Å²) in [6, 6.07) is 48.5. The molecule has 8 bridgehead atoms. The Morgan fingerprint density at radius 1 is 0.329 bits per heavy atom. The van der Waals surface area contributed by atoms with Gasteiger partial charge < -0.3 is 31.2 Å². The summed E-state index contributed by atoms with van der Waals surface area (Å²) in [4.78, 5) is 69.6. The van der Waals surface area contributed by atoms with Gasteiger partial charge in [-0.1, -0.05) is 12.1 Å². The quantitative estimate of drug-likeness (QED) is 0.0700. The molecule has 2 aliphatic rings. The van der Waals surface area contributed by atoms with Gasteiger partial charge in [0.15, 0.2) is 37.2 Å². The van der Waals surface area contributed by atoms with Crippen LogP contribution in [0.5, 0.6) is 0 Å². The number of nitrogens with one attached hydrogen (secondary N) is 6. The highest BCUT2D eigenvalue weighted by Gasteiger charge is 2.21. The van der Waals surface area contributed by atoms with Crippen LogP contribution in [0.25, 0.3) is 90.9 Å². The number of carbonyl (C=O) groups excluding carboxylic acids is 4. The van der Waals surface area contributed by atoms with E-state index in [2.05, 4.69) is 129 Å². The number of aryl methyl sites for hydroxylation is 3. The highest BCUT2D eigenvalue weighted by Crippen LogP contribution is 2.38. The minimum absolute atomic E-state index is 0.203. The van der Waals surface area contributed by atoms with E-state index in [4.69, 9.17) is 9.97 Å². The number of aromatic nitrogens is 7. The maximum Gasteiger partial charge on any atom is 0.255 e. The summed E-state index contributed by atoms with van der Waals surface area (Å²) in [5, 5.41) is 11.4. The fourth-order valence-electron chi connectivity index (χ4n) is 10.1. The fraction of sp³-hybridized carbons (Fsp3) is 0.0597. The normalized spacial score (nSPS) is 11.5. The van der Waals surface area contributed by atoms with Gasteiger partial charge in [-0.05, 0) is 156 Å². The third-order valence-electron chi connectivity index (χ3n) is 14.3. The van der Waals surface area contributed by atoms with Gasteiger partial charge in [-0.3, -0.25) is 19.2 Å². The van der Waals surface area contributed by atoms with E-state index in [1.54, 1.807) is 72.8 Å². The van der Waals surface area contributed by atoms with Crippen LogP contribution in [0.2, 0.25) is 0 Å². The number of anilines is 4. The van der Waals surface area contributed by atoms with Crippen LogP contribution in [0.3, 0.4) is 0 Å². The molecule has 6 N–H and O–H groups in total. The second kappa shape index (κ2) is 21.9. The molecule has 15 nitrogen and oxygen atoms in total. The number of carbonyl (C=O) groups is 4. The van der Waals surface area contributed by atoms with Crippen molar-refractivity contribution in [3.8, 4) is 44.5 Å². The topological polar surface area (TPSA) is 185 Å². The van der Waals surface area contributed by atoms with Gasteiger partial charge in [-0.25, -0.2) is 23.7 Å². The van der Waals surface area contributed by atoms with E-state index in [-0.39, 0.29) is 23.6 Å². The summed E-state index contributed by atoms with van der Waals surface area (Å²) in [6.45, 7) is 1.41. The second-order valence-electron chi connectivity index (χ2n) is 20.1. The fourth-order valence-corrected chi connectivity index (χ4v) is 10.1. The third kappa shape index (κ3) is 10.8. The number of hydrogen-bond acceptors (Lipinski definition) is 6. The number of amides is 4. The molecule has 6 aromatic heterocycles. The first-order chi connectivity index (χ1) is 39.8. The Morgan fingerprint density at radius 3 is 0.841 bits per heavy atom. The van der Waals surface area contributed by atoms with Crippen LogP contribution in [0.1, 0.15) is 60.8 Å². The summed E-state index contributed by atoms with van der Waals surface area (Å²) < 4.78 is 6.05. The van der Waals surface area contributed by atoms with E-state index < -0.39 is 0 Å². The first-order valence-electron chi connectivity index (χ1n) is 26.5. The van der Waals surface area contributed by atoms with Crippen LogP contribution in [-0.2, 0) is 25.9 Å². The van der Waals surface area contributed by atoms with Crippen molar-refractivity contribution in [2.24, 2.45) is 21.1 Å². The molecule has 15 heteroatoms. The molecule has 0 radical (unpaired) electrons. The van der Waals surface area contributed by atoms with Gasteiger partial charge in [-0.2, -0.15) is 0 Å². The van der Waals surface area contributed by atoms with Gasteiger partial charge in [0.1, 0.15) is 21.1 Å². The Balaban J connectivity index is 0.852. The molecule has 4 amide bonds. The average Bonchev–Trinajstić information content (AvgIpc) is 4.36. The minimum Gasteiger partial charge on any atom is -0.354 e. The van der Waals surface area contributed by atoms with Crippen LogP contribution in [0.15, 0.2) is 195 Å². The SMILES string of the molecule is CC(=O)Nc1ccc(C(=O)Nc2ccc(C(=O)Nc3ccc(C(=O)Nc4ccc(-c5c6nc(c(-c7cc[n+](C)cc7)c7ccc([nH]7)c(-c7cc[n+](C)cc7)c7nc(c(-c8cc[n+](C)cc8)c8ccc5[nH]8)C=C7)C=C6)cc4)cc3)cc2)cc1. The number of rotatable bonds is 11. The molecule has 4 aromatic carbocycles. The van der Waals surface area contributed by atoms with Crippen LogP contribution in [0, 0.1) is 0 Å². The summed E-state index contributed by atoms with van der Waals surface area (Å²) in [5.74, 6) is -1.23. The van der Waals surface area contributed by atoms with Crippen molar-refractivity contribution in [2.75, 3.05) is 21.3 Å². The first-order valence-corrected chi connectivity index (χ1v) is 26.5. The zero-order valence-electron chi connectivity index (χ0n) is 45.2. The molecule has 0 saturated carbocycles. The lowest BCUT2D eigenvalue weighted by Crippen LogP contribution is -2.25. The van der Waals surface area contributed by atoms with E-state index >= 15 is 0 Å². The lowest BCUT2D eigenvalue weighted by molar-refractivity contribution is -0.671. The van der Waals surface area contributed by atoms with E-state index in [0.29, 0.717) is 39.4 Å². The highest BCUT2D eigenvalue weighted by atomic mass is 16.2. The van der Waals surface area contributed by atoms with Crippen molar-refractivity contribution in [1.82, 2.24) is 19.9 Å². The summed E-state index contributed by atoms with van der Waals surface area (Å²) in [7, 11) is 6.02. The smallest absolute Gasteiger partial charge is 0.255 e. The minimum atomic E-state index is -0.362. The van der Waals surface area contributed by atoms with Crippen molar-refractivity contribution in [3.05, 3.63) is 234 Å². The molecule has 82 heavy (non-hydrogen) atoms. The van der Waals surface area contributed by atoms with E-state index in [0.717, 1.165) is 89.4 Å². The maximum absolute atomic E-state index is 13.7. The monoisotopic (exact) mass is 1080 g/mol. The number of benzene rings is 4. The number of hydrogen-bond donors (Lipinski definition) is 6. The maximum atomic E-state index is 13.7. The molecule has 10 aromatic rings. The predicted molar refractivity (Wildman–Crippen MR) is 322 cm³/mol. The Bertz CT molecular complexity index is 4350. The Morgan fingerprint density at radius 2 is 0.573 bits per heavy atom. The van der Waals surface area contributed by atoms with Gasteiger partial charge >= 0.3 is 0 Å². The van der Waals surface area contributed by atoms with Crippen LogP contribution in [-0.4, -0.2) is 43.6 Å². The summed E-state index contributed by atoms with van der Waals surface area (Å²) >= 11 is 0. The third-order valence-corrected chi connectivity index (χ3v) is 14.3. The number of aromatic amines is 2.